The Morgan fingerprint density at radius 2 is 1.84 bits per heavy atom. The van der Waals surface area contributed by atoms with Gasteiger partial charge in [0.2, 0.25) is 5.60 Å². The average Bonchev–Trinajstić information content (AvgIpc) is 3.33. The van der Waals surface area contributed by atoms with E-state index in [0.29, 0.717) is 33.7 Å². The standard InChI is InChI=1S/C31H35F5N6O2/c1-7-8-9-10-37-21(4)20(3)25-17-42(24-14-22(32)13-23(33)15-24)28-26(25)27(38-18-39-28)41-12-11-40(16-19(41)2)29(43)44-30(5,6)31(34,35)36/h9-10,13-15,17-19H,3,7-8,11-12,16H2,1-2,4-6H3/b10-9-,37-21?. The maximum atomic E-state index is 14.3. The molecule has 0 radical (unpaired) electrons. The molecule has 44 heavy (non-hydrogen) atoms. The molecule has 1 saturated heterocycles. The predicted octanol–water partition coefficient (Wildman–Crippen LogP) is 7.47. The Morgan fingerprint density at radius 1 is 1.16 bits per heavy atom. The van der Waals surface area contributed by atoms with Crippen LogP contribution in [0, 0.1) is 11.6 Å². The van der Waals surface area contributed by atoms with Gasteiger partial charge in [-0.25, -0.2) is 23.5 Å². The van der Waals surface area contributed by atoms with Gasteiger partial charge in [0.1, 0.15) is 23.8 Å². The number of carbonyl (C=O) groups excluding carboxylic acids is 1. The van der Waals surface area contributed by atoms with Crippen LogP contribution in [0.4, 0.5) is 32.6 Å². The molecule has 1 fully saturated rings. The number of carbonyl (C=O) groups is 1. The van der Waals surface area contributed by atoms with Gasteiger partial charge >= 0.3 is 12.3 Å². The molecule has 13 heteroatoms. The van der Waals surface area contributed by atoms with E-state index in [1.54, 1.807) is 30.8 Å². The highest BCUT2D eigenvalue weighted by atomic mass is 19.4. The fraction of sp³-hybridized carbons (Fsp3) is 0.419. The topological polar surface area (TPSA) is 75.9 Å². The van der Waals surface area contributed by atoms with E-state index in [4.69, 9.17) is 4.74 Å². The van der Waals surface area contributed by atoms with E-state index in [1.807, 2.05) is 11.0 Å². The first-order chi connectivity index (χ1) is 20.6. The Bertz CT molecular complexity index is 1590. The lowest BCUT2D eigenvalue weighted by Gasteiger charge is -2.41. The van der Waals surface area contributed by atoms with Crippen molar-refractivity contribution in [2.45, 2.75) is 65.3 Å². The van der Waals surface area contributed by atoms with Crippen LogP contribution in [0.1, 0.15) is 53.0 Å². The van der Waals surface area contributed by atoms with E-state index >= 15 is 0 Å². The maximum Gasteiger partial charge on any atom is 0.427 e. The number of anilines is 1. The zero-order valence-electron chi connectivity index (χ0n) is 25.3. The molecule has 0 saturated carbocycles. The normalized spacial score (nSPS) is 16.7. The molecule has 1 amide bonds. The average molecular weight is 619 g/mol. The second-order valence-corrected chi connectivity index (χ2v) is 11.2. The molecule has 1 aliphatic heterocycles. The first kappa shape index (κ1) is 32.6. The molecule has 8 nitrogen and oxygen atoms in total. The monoisotopic (exact) mass is 618 g/mol. The summed E-state index contributed by atoms with van der Waals surface area (Å²) in [6.45, 7) is 11.9. The summed E-state index contributed by atoms with van der Waals surface area (Å²) < 4.78 is 74.8. The van der Waals surface area contributed by atoms with Gasteiger partial charge in [0, 0.05) is 55.4 Å². The van der Waals surface area contributed by atoms with Crippen molar-refractivity contribution < 1.29 is 31.5 Å². The number of hydrogen-bond donors (Lipinski definition) is 0. The highest BCUT2D eigenvalue weighted by molar-refractivity contribution is 6.25. The number of halogens is 5. The molecule has 0 bridgehead atoms. The van der Waals surface area contributed by atoms with Gasteiger partial charge in [0.15, 0.2) is 5.65 Å². The van der Waals surface area contributed by atoms with Crippen molar-refractivity contribution in [2.75, 3.05) is 24.5 Å². The summed E-state index contributed by atoms with van der Waals surface area (Å²) >= 11 is 0. The number of benzene rings is 1. The molecule has 0 spiro atoms. The van der Waals surface area contributed by atoms with Crippen molar-refractivity contribution in [3.05, 3.63) is 66.8 Å². The molecule has 3 heterocycles. The van der Waals surface area contributed by atoms with E-state index < -0.39 is 35.5 Å². The summed E-state index contributed by atoms with van der Waals surface area (Å²) in [7, 11) is 0. The Hall–Kier alpha value is -4.29. The molecule has 2 aromatic heterocycles. The van der Waals surface area contributed by atoms with Crippen molar-refractivity contribution in [1.29, 1.82) is 0 Å². The summed E-state index contributed by atoms with van der Waals surface area (Å²) in [4.78, 5) is 29.3. The Labute approximate surface area is 252 Å². The second kappa shape index (κ2) is 12.7. The third kappa shape index (κ3) is 6.76. The largest absolute Gasteiger partial charge is 0.434 e. The van der Waals surface area contributed by atoms with Gasteiger partial charge < -0.3 is 19.1 Å². The number of amides is 1. The molecule has 1 aliphatic rings. The quantitative estimate of drug-likeness (QED) is 0.193. The van der Waals surface area contributed by atoms with Crippen LogP contribution in [0.3, 0.4) is 0 Å². The van der Waals surface area contributed by atoms with Gasteiger partial charge in [-0.2, -0.15) is 13.2 Å². The number of aromatic nitrogens is 3. The lowest BCUT2D eigenvalue weighted by atomic mass is 10.0. The molecule has 1 unspecified atom stereocenters. The highest BCUT2D eigenvalue weighted by Crippen LogP contribution is 2.37. The highest BCUT2D eigenvalue weighted by Gasteiger charge is 2.51. The van der Waals surface area contributed by atoms with E-state index in [1.165, 1.54) is 23.4 Å². The maximum absolute atomic E-state index is 14.3. The molecule has 1 atom stereocenters. The molecule has 0 aliphatic carbocycles. The minimum Gasteiger partial charge on any atom is -0.434 e. The number of fused-ring (bicyclic) bond motifs is 1. The number of nitrogens with zero attached hydrogens (tertiary/aromatic N) is 6. The summed E-state index contributed by atoms with van der Waals surface area (Å²) in [5.74, 6) is -1.06. The van der Waals surface area contributed by atoms with Crippen LogP contribution in [0.2, 0.25) is 0 Å². The number of hydrogen-bond acceptors (Lipinski definition) is 6. The van der Waals surface area contributed by atoms with Gasteiger partial charge in [0.25, 0.3) is 0 Å². The Balaban J connectivity index is 1.75. The molecule has 3 aromatic rings. The summed E-state index contributed by atoms with van der Waals surface area (Å²) in [6.07, 6.45) is 2.66. The second-order valence-electron chi connectivity index (χ2n) is 11.2. The molecule has 236 valence electrons. The van der Waals surface area contributed by atoms with Crippen LogP contribution in [0.15, 0.2) is 54.6 Å². The zero-order chi connectivity index (χ0) is 32.4. The van der Waals surface area contributed by atoms with E-state index in [-0.39, 0.29) is 25.3 Å². The van der Waals surface area contributed by atoms with Gasteiger partial charge in [0.05, 0.1) is 11.1 Å². The van der Waals surface area contributed by atoms with Crippen LogP contribution in [-0.2, 0) is 4.74 Å². The Morgan fingerprint density at radius 3 is 2.45 bits per heavy atom. The van der Waals surface area contributed by atoms with Crippen LogP contribution in [0.25, 0.3) is 22.3 Å². The van der Waals surface area contributed by atoms with Crippen molar-refractivity contribution in [1.82, 2.24) is 19.4 Å². The minimum absolute atomic E-state index is 0.0626. The fourth-order valence-electron chi connectivity index (χ4n) is 4.82. The third-order valence-corrected chi connectivity index (χ3v) is 7.46. The van der Waals surface area contributed by atoms with Crippen LogP contribution < -0.4 is 4.90 Å². The number of alkyl halides is 3. The van der Waals surface area contributed by atoms with E-state index in [0.717, 1.165) is 32.8 Å². The number of piperazine rings is 1. The van der Waals surface area contributed by atoms with Crippen molar-refractivity contribution >= 4 is 34.2 Å². The summed E-state index contributed by atoms with van der Waals surface area (Å²) in [6, 6.07) is 2.74. The van der Waals surface area contributed by atoms with Crippen LogP contribution >= 0.6 is 0 Å². The lowest BCUT2D eigenvalue weighted by molar-refractivity contribution is -0.246. The summed E-state index contributed by atoms with van der Waals surface area (Å²) in [5, 5.41) is 0.537. The predicted molar refractivity (Wildman–Crippen MR) is 160 cm³/mol. The van der Waals surface area contributed by atoms with Crippen LogP contribution in [-0.4, -0.2) is 68.7 Å². The first-order valence-corrected chi connectivity index (χ1v) is 14.2. The van der Waals surface area contributed by atoms with Gasteiger partial charge in [-0.1, -0.05) is 26.0 Å². The number of rotatable bonds is 8. The lowest BCUT2D eigenvalue weighted by Crippen LogP contribution is -2.56. The first-order valence-electron chi connectivity index (χ1n) is 14.2. The fourth-order valence-corrected chi connectivity index (χ4v) is 4.82. The molecule has 0 N–H and O–H groups in total. The third-order valence-electron chi connectivity index (χ3n) is 7.46. The van der Waals surface area contributed by atoms with E-state index in [9.17, 15) is 26.7 Å². The SMILES string of the molecule is C=C(C(C)=N/C=C\CCC)c1cn(-c2cc(F)cc(F)c2)c2ncnc(N3CCN(C(=O)OC(C)(C)C(F)(F)F)CC3C)c12. The van der Waals surface area contributed by atoms with Gasteiger partial charge in [-0.15, -0.1) is 0 Å². The van der Waals surface area contributed by atoms with Crippen molar-refractivity contribution in [3.63, 3.8) is 0 Å². The Kier molecular flexibility index (Phi) is 9.45. The number of allylic oxidation sites excluding steroid dienone is 2. The van der Waals surface area contributed by atoms with Gasteiger partial charge in [-0.3, -0.25) is 4.99 Å². The number of ether oxygens (including phenoxy) is 1. The number of aliphatic imine (C=N–C) groups is 1. The smallest absolute Gasteiger partial charge is 0.427 e. The van der Waals surface area contributed by atoms with Gasteiger partial charge in [-0.05, 0) is 51.8 Å². The molecule has 4 rings (SSSR count). The van der Waals surface area contributed by atoms with Crippen LogP contribution in [0.5, 0.6) is 0 Å². The molecule has 1 aromatic carbocycles. The van der Waals surface area contributed by atoms with Crippen molar-refractivity contribution in [3.8, 4) is 5.69 Å². The molecular formula is C31H35F5N6O2. The summed E-state index contributed by atoms with van der Waals surface area (Å²) in [5.41, 5.74) is -0.390. The zero-order valence-corrected chi connectivity index (χ0v) is 25.3. The molecular weight excluding hydrogens is 583 g/mol. The van der Waals surface area contributed by atoms with E-state index in [2.05, 4.69) is 28.5 Å². The minimum atomic E-state index is -4.73. The number of unbranched alkanes of at least 4 members (excludes halogenated alkanes) is 1. The van der Waals surface area contributed by atoms with Crippen molar-refractivity contribution in [2.24, 2.45) is 4.99 Å².